The maximum Gasteiger partial charge on any atom is 0.155 e. The van der Waals surface area contributed by atoms with Crippen LogP contribution in [0.1, 0.15) is 24.5 Å². The van der Waals surface area contributed by atoms with Gasteiger partial charge in [-0.15, -0.1) is 0 Å². The van der Waals surface area contributed by atoms with Crippen molar-refractivity contribution in [1.82, 2.24) is 0 Å². The fraction of sp³-hybridized carbons (Fsp3) is 0.174. The molecule has 0 atom stereocenters. The molecule has 128 valence electrons. The molecule has 2 nitrogen and oxygen atoms in total. The summed E-state index contributed by atoms with van der Waals surface area (Å²) in [6, 6.07) is 18.2. The van der Waals surface area contributed by atoms with Crippen molar-refractivity contribution in [2.24, 2.45) is 0 Å². The van der Waals surface area contributed by atoms with Crippen LogP contribution in [0.5, 0.6) is 5.75 Å². The normalized spacial score (nSPS) is 11.5. The number of Topliss-reactive ketones (excluding diaryl/α,β-unsaturated/α-hetero) is 1. The van der Waals surface area contributed by atoms with Gasteiger partial charge in [0.05, 0.1) is 0 Å². The summed E-state index contributed by atoms with van der Waals surface area (Å²) in [4.78, 5) is 11.7. The Kier molecular flexibility index (Phi) is 7.45. The number of hydrogen-bond acceptors (Lipinski definition) is 2. The SMILES string of the molecule is C=CC=CC=C(CCc1ccc(OCc2ccccc2)cc1)C(C)=O. The number of ether oxygens (including phenoxy) is 1. The van der Waals surface area contributed by atoms with E-state index in [1.807, 2.05) is 60.7 Å². The molecule has 0 aliphatic heterocycles. The largest absolute Gasteiger partial charge is 0.489 e. The average molecular weight is 332 g/mol. The monoisotopic (exact) mass is 332 g/mol. The highest BCUT2D eigenvalue weighted by Crippen LogP contribution is 2.17. The van der Waals surface area contributed by atoms with Gasteiger partial charge >= 0.3 is 0 Å². The number of carbonyl (C=O) groups is 1. The number of ketones is 1. The third kappa shape index (κ3) is 6.64. The smallest absolute Gasteiger partial charge is 0.155 e. The molecular formula is C23H24O2. The van der Waals surface area contributed by atoms with Crippen molar-refractivity contribution < 1.29 is 9.53 Å². The maximum absolute atomic E-state index is 11.7. The van der Waals surface area contributed by atoms with Gasteiger partial charge in [-0.3, -0.25) is 4.79 Å². The van der Waals surface area contributed by atoms with E-state index >= 15 is 0 Å². The Morgan fingerprint density at radius 1 is 1.00 bits per heavy atom. The molecule has 0 aliphatic carbocycles. The Morgan fingerprint density at radius 2 is 1.72 bits per heavy atom. The highest BCUT2D eigenvalue weighted by molar-refractivity contribution is 5.93. The fourth-order valence-electron chi connectivity index (χ4n) is 2.40. The van der Waals surface area contributed by atoms with E-state index in [-0.39, 0.29) is 5.78 Å². The summed E-state index contributed by atoms with van der Waals surface area (Å²) in [5, 5.41) is 0. The minimum absolute atomic E-state index is 0.108. The van der Waals surface area contributed by atoms with Crippen LogP contribution in [0, 0.1) is 0 Å². The van der Waals surface area contributed by atoms with Gasteiger partial charge < -0.3 is 4.74 Å². The first kappa shape index (κ1) is 18.5. The van der Waals surface area contributed by atoms with Crippen LogP contribution in [0.2, 0.25) is 0 Å². The molecule has 0 fully saturated rings. The topological polar surface area (TPSA) is 26.3 Å². The second-order valence-electron chi connectivity index (χ2n) is 5.79. The van der Waals surface area contributed by atoms with Crippen molar-refractivity contribution >= 4 is 5.78 Å². The first-order chi connectivity index (χ1) is 12.2. The summed E-state index contributed by atoms with van der Waals surface area (Å²) >= 11 is 0. The minimum atomic E-state index is 0.108. The average Bonchev–Trinajstić information content (AvgIpc) is 2.64. The third-order valence-corrected chi connectivity index (χ3v) is 3.85. The van der Waals surface area contributed by atoms with Crippen LogP contribution < -0.4 is 4.74 Å². The van der Waals surface area contributed by atoms with Crippen LogP contribution >= 0.6 is 0 Å². The zero-order valence-corrected chi connectivity index (χ0v) is 14.7. The molecule has 0 saturated carbocycles. The molecule has 0 heterocycles. The van der Waals surface area contributed by atoms with E-state index in [0.717, 1.165) is 29.7 Å². The first-order valence-corrected chi connectivity index (χ1v) is 8.44. The third-order valence-electron chi connectivity index (χ3n) is 3.85. The Labute approximate surface area is 150 Å². The van der Waals surface area contributed by atoms with E-state index in [9.17, 15) is 4.79 Å². The molecular weight excluding hydrogens is 308 g/mol. The molecule has 2 heteroatoms. The van der Waals surface area contributed by atoms with E-state index in [0.29, 0.717) is 6.61 Å². The molecule has 0 aromatic heterocycles. The lowest BCUT2D eigenvalue weighted by molar-refractivity contribution is -0.113. The molecule has 0 spiro atoms. The lowest BCUT2D eigenvalue weighted by Gasteiger charge is -2.08. The summed E-state index contributed by atoms with van der Waals surface area (Å²) in [6.07, 6.45) is 8.78. The molecule has 0 N–H and O–H groups in total. The Bertz CT molecular complexity index is 737. The molecule has 0 radical (unpaired) electrons. The number of allylic oxidation sites excluding steroid dienone is 5. The molecule has 0 aliphatic rings. The maximum atomic E-state index is 11.7. The Morgan fingerprint density at radius 3 is 2.36 bits per heavy atom. The molecule has 0 bridgehead atoms. The zero-order chi connectivity index (χ0) is 17.9. The fourth-order valence-corrected chi connectivity index (χ4v) is 2.40. The molecule has 0 amide bonds. The highest BCUT2D eigenvalue weighted by Gasteiger charge is 2.04. The van der Waals surface area contributed by atoms with E-state index in [2.05, 4.69) is 18.7 Å². The van der Waals surface area contributed by atoms with Crippen molar-refractivity contribution in [3.05, 3.63) is 102 Å². The van der Waals surface area contributed by atoms with E-state index in [4.69, 9.17) is 4.74 Å². The van der Waals surface area contributed by atoms with Crippen molar-refractivity contribution in [2.75, 3.05) is 0 Å². The van der Waals surface area contributed by atoms with Crippen LogP contribution in [0.4, 0.5) is 0 Å². The molecule has 25 heavy (non-hydrogen) atoms. The van der Waals surface area contributed by atoms with E-state index < -0.39 is 0 Å². The number of carbonyl (C=O) groups excluding carboxylic acids is 1. The summed E-state index contributed by atoms with van der Waals surface area (Å²) < 4.78 is 5.79. The molecule has 2 aromatic carbocycles. The number of rotatable bonds is 9. The van der Waals surface area contributed by atoms with Crippen LogP contribution in [0.25, 0.3) is 0 Å². The van der Waals surface area contributed by atoms with Gasteiger partial charge in [0, 0.05) is 0 Å². The predicted molar refractivity (Wildman–Crippen MR) is 104 cm³/mol. The van der Waals surface area contributed by atoms with E-state index in [1.165, 1.54) is 5.56 Å². The van der Waals surface area contributed by atoms with Gasteiger partial charge in [0.1, 0.15) is 12.4 Å². The second-order valence-corrected chi connectivity index (χ2v) is 5.79. The van der Waals surface area contributed by atoms with Crippen molar-refractivity contribution in [2.45, 2.75) is 26.4 Å². The van der Waals surface area contributed by atoms with Gasteiger partial charge in [-0.1, -0.05) is 73.3 Å². The highest BCUT2D eigenvalue weighted by atomic mass is 16.5. The second kappa shape index (κ2) is 10.1. The Hall–Kier alpha value is -2.87. The van der Waals surface area contributed by atoms with Crippen LogP contribution in [0.15, 0.2) is 91.1 Å². The quantitative estimate of drug-likeness (QED) is 0.450. The van der Waals surface area contributed by atoms with Crippen molar-refractivity contribution in [3.63, 3.8) is 0 Å². The lowest BCUT2D eigenvalue weighted by Crippen LogP contribution is -1.99. The summed E-state index contributed by atoms with van der Waals surface area (Å²) in [5.41, 5.74) is 3.16. The van der Waals surface area contributed by atoms with Crippen LogP contribution in [-0.2, 0) is 17.8 Å². The van der Waals surface area contributed by atoms with Crippen molar-refractivity contribution in [3.8, 4) is 5.75 Å². The number of aryl methyl sites for hydroxylation is 1. The standard InChI is InChI=1S/C23H24O2/c1-3-4-6-11-22(19(2)24)15-12-20-13-16-23(17-14-20)25-18-21-9-7-5-8-10-21/h3-11,13-14,16-17H,1,12,15,18H2,2H3. The van der Waals surface area contributed by atoms with Gasteiger partial charge in [0.25, 0.3) is 0 Å². The van der Waals surface area contributed by atoms with Crippen molar-refractivity contribution in [1.29, 1.82) is 0 Å². The number of benzene rings is 2. The first-order valence-electron chi connectivity index (χ1n) is 8.44. The summed E-state index contributed by atoms with van der Waals surface area (Å²) in [7, 11) is 0. The zero-order valence-electron chi connectivity index (χ0n) is 14.7. The molecule has 0 saturated heterocycles. The molecule has 2 rings (SSSR count). The molecule has 0 unspecified atom stereocenters. The molecule has 2 aromatic rings. The van der Waals surface area contributed by atoms with Crippen LogP contribution in [-0.4, -0.2) is 5.78 Å². The lowest BCUT2D eigenvalue weighted by atomic mass is 10.0. The summed E-state index contributed by atoms with van der Waals surface area (Å²) in [5.74, 6) is 0.959. The predicted octanol–water partition coefficient (Wildman–Crippen LogP) is 5.46. The Balaban J connectivity index is 1.89. The van der Waals surface area contributed by atoms with E-state index in [1.54, 1.807) is 13.0 Å². The summed E-state index contributed by atoms with van der Waals surface area (Å²) in [6.45, 7) is 5.79. The van der Waals surface area contributed by atoms with Gasteiger partial charge in [0.2, 0.25) is 0 Å². The van der Waals surface area contributed by atoms with Gasteiger partial charge in [-0.05, 0) is 48.6 Å². The number of hydrogen-bond donors (Lipinski definition) is 0. The van der Waals surface area contributed by atoms with Gasteiger partial charge in [-0.2, -0.15) is 0 Å². The van der Waals surface area contributed by atoms with Gasteiger partial charge in [-0.25, -0.2) is 0 Å². The van der Waals surface area contributed by atoms with Gasteiger partial charge in [0.15, 0.2) is 5.78 Å². The van der Waals surface area contributed by atoms with Crippen LogP contribution in [0.3, 0.4) is 0 Å². The minimum Gasteiger partial charge on any atom is -0.489 e.